The number of imidazole rings is 1. The third kappa shape index (κ3) is 11.2. The average Bonchev–Trinajstić information content (AvgIpc) is 3.85. The lowest BCUT2D eigenvalue weighted by molar-refractivity contribution is -0.118. The van der Waals surface area contributed by atoms with E-state index in [9.17, 15) is 34.7 Å². The van der Waals surface area contributed by atoms with Crippen LogP contribution in [-0.4, -0.2) is 104 Å². The van der Waals surface area contributed by atoms with Crippen LogP contribution in [0.25, 0.3) is 11.2 Å². The van der Waals surface area contributed by atoms with Crippen LogP contribution in [0.1, 0.15) is 65.7 Å². The number of aromatic nitrogens is 6. The van der Waals surface area contributed by atoms with Crippen LogP contribution < -0.4 is 16.2 Å². The van der Waals surface area contributed by atoms with Crippen molar-refractivity contribution in [2.45, 2.75) is 109 Å². The smallest absolute Gasteiger partial charge is 0.408 e. The highest BCUT2D eigenvalue weighted by atomic mass is 32.5. The highest BCUT2D eigenvalue weighted by Crippen LogP contribution is 2.56. The van der Waals surface area contributed by atoms with Crippen molar-refractivity contribution in [2.24, 2.45) is 11.8 Å². The number of nitriles is 2. The molecule has 0 spiro atoms. The number of hydrogen-bond donors (Lipinski definition) is 5. The second kappa shape index (κ2) is 19.4. The molecule has 1 aliphatic carbocycles. The van der Waals surface area contributed by atoms with Gasteiger partial charge in [0, 0.05) is 22.4 Å². The van der Waals surface area contributed by atoms with E-state index in [0.29, 0.717) is 6.42 Å². The predicted octanol–water partition coefficient (Wildman–Crippen LogP) is 4.14. The summed E-state index contributed by atoms with van der Waals surface area (Å²) in [5.41, 5.74) is -0.495. The Labute approximate surface area is 347 Å². The van der Waals surface area contributed by atoms with Crippen LogP contribution >= 0.6 is 15.0 Å². The predicted molar refractivity (Wildman–Crippen MR) is 218 cm³/mol. The standard InChI is InChI=1S/C34H48N10O11P2SSi/c1-19(2)30(46)42-33-41-29-25(31(47)43-33)39-18-44(29)32-27(26(24(15-45)52-32)55-59(6,7)34(3,4)5)54-57(58,50-10-8-9-35)51-16-20-11-22(12-23(20)53-56(48)49)40-28-21(13-36)14-37-17-38-28/h14,17-20,22-24,26-27,32,45H,8,10-12,15-16H2,1-7H3,(H3-,37,38,40,41,42,43,46,47,48,49)/p+1/t20-,22-,23+,24-,26-,27-,32-,57-/m1/s1. The molecule has 1 aliphatic heterocycles. The van der Waals surface area contributed by atoms with Crippen LogP contribution in [0.15, 0.2) is 23.6 Å². The lowest BCUT2D eigenvalue weighted by Crippen LogP contribution is -2.50. The largest absolute Gasteiger partial charge is 0.695 e. The molecular formula is C34H49N10O11P2SSi+. The van der Waals surface area contributed by atoms with Gasteiger partial charge in [0.2, 0.25) is 11.9 Å². The molecule has 2 aliphatic rings. The summed E-state index contributed by atoms with van der Waals surface area (Å²) in [6.45, 7) is 8.67. The monoisotopic (exact) mass is 895 g/mol. The normalized spacial score (nSPS) is 24.7. The number of anilines is 2. The molecule has 5 N–H and O–H groups in total. The van der Waals surface area contributed by atoms with Crippen molar-refractivity contribution < 1.29 is 46.6 Å². The molecule has 1 saturated heterocycles. The number of rotatable bonds is 18. The third-order valence-electron chi connectivity index (χ3n) is 10.4. The van der Waals surface area contributed by atoms with Gasteiger partial charge in [-0.15, -0.1) is 9.42 Å². The number of nitrogens with zero attached hydrogens (tertiary/aromatic N) is 7. The van der Waals surface area contributed by atoms with E-state index in [4.69, 9.17) is 39.1 Å². The molecule has 0 aromatic carbocycles. The van der Waals surface area contributed by atoms with E-state index < -0.39 is 83.8 Å². The van der Waals surface area contributed by atoms with E-state index in [1.807, 2.05) is 46.0 Å². The van der Waals surface area contributed by atoms with Gasteiger partial charge in [-0.1, -0.05) is 34.6 Å². The second-order valence-electron chi connectivity index (χ2n) is 15.9. The van der Waals surface area contributed by atoms with Crippen molar-refractivity contribution in [3.63, 3.8) is 0 Å². The molecule has 5 rings (SSSR count). The zero-order valence-electron chi connectivity index (χ0n) is 33.6. The summed E-state index contributed by atoms with van der Waals surface area (Å²) in [6.07, 6.45) is -0.764. The fourth-order valence-corrected chi connectivity index (χ4v) is 10.2. The third-order valence-corrected chi connectivity index (χ3v) is 17.6. The van der Waals surface area contributed by atoms with Crippen molar-refractivity contribution >= 4 is 63.9 Å². The first-order valence-electron chi connectivity index (χ1n) is 18.8. The Hall–Kier alpha value is -3.67. The van der Waals surface area contributed by atoms with Crippen molar-refractivity contribution in [2.75, 3.05) is 30.5 Å². The van der Waals surface area contributed by atoms with Gasteiger partial charge in [0.1, 0.15) is 48.2 Å². The van der Waals surface area contributed by atoms with Gasteiger partial charge in [-0.3, -0.25) is 29.0 Å². The maximum atomic E-state index is 13.2. The lowest BCUT2D eigenvalue weighted by atomic mass is 10.1. The fourth-order valence-electron chi connectivity index (χ4n) is 6.26. The van der Waals surface area contributed by atoms with Crippen molar-refractivity contribution in [3.05, 3.63) is 34.8 Å². The number of ether oxygens (including phenoxy) is 1. The summed E-state index contributed by atoms with van der Waals surface area (Å²) in [4.78, 5) is 54.8. The number of nitrogens with one attached hydrogen (secondary N) is 3. The summed E-state index contributed by atoms with van der Waals surface area (Å²) in [5, 5.41) is 35.1. The van der Waals surface area contributed by atoms with Crippen molar-refractivity contribution in [1.82, 2.24) is 29.5 Å². The van der Waals surface area contributed by atoms with Gasteiger partial charge in [-0.2, -0.15) is 15.5 Å². The molecule has 9 atom stereocenters. The van der Waals surface area contributed by atoms with Crippen LogP contribution in [0.4, 0.5) is 11.8 Å². The Balaban J connectivity index is 1.52. The van der Waals surface area contributed by atoms with E-state index in [-0.39, 0.29) is 65.6 Å². The molecule has 59 heavy (non-hydrogen) atoms. The first kappa shape index (κ1) is 46.4. The van der Waals surface area contributed by atoms with E-state index in [0.717, 1.165) is 0 Å². The van der Waals surface area contributed by atoms with E-state index in [1.54, 1.807) is 13.8 Å². The van der Waals surface area contributed by atoms with Gasteiger partial charge >= 0.3 is 15.0 Å². The van der Waals surface area contributed by atoms with E-state index >= 15 is 0 Å². The fraction of sp³-hybridized carbons (Fsp3) is 0.647. The maximum Gasteiger partial charge on any atom is 0.695 e. The minimum absolute atomic E-state index is 0.0153. The first-order chi connectivity index (χ1) is 27.8. The molecule has 2 fully saturated rings. The number of hydrogen-bond acceptors (Lipinski definition) is 18. The Morgan fingerprint density at radius 2 is 1.98 bits per heavy atom. The molecule has 0 radical (unpaired) electrons. The van der Waals surface area contributed by atoms with Gasteiger partial charge in [0.15, 0.2) is 25.7 Å². The topological polar surface area (TPSA) is 291 Å². The number of carbonyl (C=O) groups is 1. The highest BCUT2D eigenvalue weighted by Gasteiger charge is 2.54. The number of fused-ring (bicyclic) bond motifs is 1. The van der Waals surface area contributed by atoms with Crippen LogP contribution in [0.3, 0.4) is 0 Å². The Bertz CT molecular complexity index is 2190. The maximum absolute atomic E-state index is 13.2. The molecule has 1 amide bonds. The van der Waals surface area contributed by atoms with Gasteiger partial charge in [0.25, 0.3) is 5.56 Å². The zero-order chi connectivity index (χ0) is 43.3. The molecule has 3 aromatic rings. The van der Waals surface area contributed by atoms with Crippen molar-refractivity contribution in [3.8, 4) is 12.1 Å². The highest BCUT2D eigenvalue weighted by molar-refractivity contribution is 8.07. The average molecular weight is 896 g/mol. The van der Waals surface area contributed by atoms with Crippen molar-refractivity contribution in [1.29, 1.82) is 10.5 Å². The summed E-state index contributed by atoms with van der Waals surface area (Å²) >= 11 is 6.03. The molecule has 0 bridgehead atoms. The van der Waals surface area contributed by atoms with Crippen LogP contribution in [0.5, 0.6) is 0 Å². The minimum Gasteiger partial charge on any atom is -0.408 e. The summed E-state index contributed by atoms with van der Waals surface area (Å²) in [7, 11) is -5.69. The molecule has 1 saturated carbocycles. The molecule has 25 heteroatoms. The van der Waals surface area contributed by atoms with Gasteiger partial charge in [-0.05, 0) is 42.8 Å². The summed E-state index contributed by atoms with van der Waals surface area (Å²) < 4.78 is 51.2. The van der Waals surface area contributed by atoms with Crippen LogP contribution in [0.2, 0.25) is 18.1 Å². The van der Waals surface area contributed by atoms with Crippen LogP contribution in [0, 0.1) is 34.5 Å². The Kier molecular flexibility index (Phi) is 15.2. The molecule has 21 nitrogen and oxygen atoms in total. The van der Waals surface area contributed by atoms with Gasteiger partial charge in [-0.25, -0.2) is 15.0 Å². The van der Waals surface area contributed by atoms with Gasteiger partial charge < -0.3 is 28.6 Å². The molecule has 4 heterocycles. The second-order valence-corrected chi connectivity index (χ2v) is 24.3. The van der Waals surface area contributed by atoms with E-state index in [1.165, 1.54) is 23.4 Å². The molecule has 320 valence electrons. The Morgan fingerprint density at radius 1 is 1.24 bits per heavy atom. The summed E-state index contributed by atoms with van der Waals surface area (Å²) in [6, 6.07) is 3.66. The number of aliphatic hydroxyl groups excluding tert-OH is 1. The van der Waals surface area contributed by atoms with Crippen LogP contribution in [-0.2, 0) is 48.4 Å². The first-order valence-corrected chi connectivity index (χ1v) is 25.3. The number of aliphatic hydroxyl groups is 1. The lowest BCUT2D eigenvalue weighted by Gasteiger charge is -2.41. The van der Waals surface area contributed by atoms with E-state index in [2.05, 4.69) is 35.6 Å². The molecular weight excluding hydrogens is 847 g/mol. The molecule has 3 aromatic heterocycles. The number of carbonyl (C=O) groups excluding carboxylic acids is 1. The zero-order valence-corrected chi connectivity index (χ0v) is 37.2. The number of amides is 1. The number of H-pyrrole nitrogens is 1. The quantitative estimate of drug-likeness (QED) is 0.0681. The molecule has 1 unspecified atom stereocenters. The summed E-state index contributed by atoms with van der Waals surface area (Å²) in [5.74, 6) is -1.21. The number of aromatic amines is 1. The SMILES string of the molecule is CC(C)C(=O)Nc1nc2c(ncn2[C@@H]2O[C@H](CO)[C@@H](O[Si](C)(C)C(C)(C)C)[C@H]2O[P@@](=S)(OCCC#N)OC[C@H]2C[C@@H](Nc3ncncc3C#N)C[C@@H]2O[P+](=O)O)c(=O)[nH]1. The van der Waals surface area contributed by atoms with Gasteiger partial charge in [0.05, 0.1) is 44.8 Å². The Morgan fingerprint density at radius 3 is 2.63 bits per heavy atom. The minimum atomic E-state index is -3.94.